The number of aldehydes is 1. The molecule has 31 heavy (non-hydrogen) atoms. The number of nitrogens with two attached hydrogens (primary N) is 2. The van der Waals surface area contributed by atoms with Gasteiger partial charge >= 0.3 is 0 Å². The van der Waals surface area contributed by atoms with Crippen LogP contribution in [0.3, 0.4) is 0 Å². The van der Waals surface area contributed by atoms with Gasteiger partial charge in [-0.1, -0.05) is 25.9 Å². The van der Waals surface area contributed by atoms with Gasteiger partial charge in [0.2, 0.25) is 6.41 Å². The maximum Gasteiger partial charge on any atom is 0.211 e. The van der Waals surface area contributed by atoms with E-state index in [1.54, 1.807) is 12.1 Å². The summed E-state index contributed by atoms with van der Waals surface area (Å²) >= 11 is 0. The molecule has 0 spiro atoms. The van der Waals surface area contributed by atoms with E-state index in [9.17, 15) is 9.59 Å². The SMILES string of the molecule is CC(C)(C)c1cc(N)no1.CNc1ccc(NC=O)cc1.O=Cc1cc([NH2+]O)ccn1. The van der Waals surface area contributed by atoms with Gasteiger partial charge in [0.05, 0.1) is 0 Å². The van der Waals surface area contributed by atoms with Crippen molar-refractivity contribution in [1.29, 1.82) is 0 Å². The fourth-order valence-corrected chi connectivity index (χ4v) is 2.05. The van der Waals surface area contributed by atoms with Crippen molar-refractivity contribution in [2.24, 2.45) is 0 Å². The molecular formula is C21H29N6O4+. The molecule has 0 aliphatic carbocycles. The van der Waals surface area contributed by atoms with Gasteiger partial charge in [-0.25, -0.2) is 5.21 Å². The summed E-state index contributed by atoms with van der Waals surface area (Å²) in [6.07, 6.45) is 2.76. The maximum atomic E-state index is 10.1. The van der Waals surface area contributed by atoms with E-state index in [1.165, 1.54) is 12.3 Å². The van der Waals surface area contributed by atoms with Crippen molar-refractivity contribution in [3.8, 4) is 0 Å². The highest BCUT2D eigenvalue weighted by atomic mass is 16.5. The molecule has 1 aromatic carbocycles. The van der Waals surface area contributed by atoms with E-state index < -0.39 is 0 Å². The van der Waals surface area contributed by atoms with Gasteiger partial charge < -0.3 is 20.9 Å². The van der Waals surface area contributed by atoms with Crippen LogP contribution in [-0.2, 0) is 10.2 Å². The number of benzene rings is 1. The van der Waals surface area contributed by atoms with Crippen LogP contribution in [0, 0.1) is 0 Å². The fraction of sp³-hybridized carbons (Fsp3) is 0.238. The second kappa shape index (κ2) is 12.7. The first-order chi connectivity index (χ1) is 14.7. The molecule has 1 amide bonds. The summed E-state index contributed by atoms with van der Waals surface area (Å²) in [5.41, 5.74) is 9.04. The summed E-state index contributed by atoms with van der Waals surface area (Å²) in [4.78, 5) is 23.8. The van der Waals surface area contributed by atoms with Crippen molar-refractivity contribution in [3.05, 3.63) is 60.1 Å². The zero-order valence-corrected chi connectivity index (χ0v) is 18.0. The van der Waals surface area contributed by atoms with Crippen molar-refractivity contribution < 1.29 is 24.8 Å². The normalized spacial score (nSPS) is 9.97. The van der Waals surface area contributed by atoms with Crippen molar-refractivity contribution in [2.45, 2.75) is 26.2 Å². The van der Waals surface area contributed by atoms with Gasteiger partial charge in [-0.05, 0) is 24.3 Å². The quantitative estimate of drug-likeness (QED) is 0.305. The number of pyridine rings is 1. The number of hydrogen-bond acceptors (Lipinski definition) is 8. The number of amides is 1. The van der Waals surface area contributed by atoms with Crippen molar-refractivity contribution in [1.82, 2.24) is 10.1 Å². The molecule has 0 unspecified atom stereocenters. The van der Waals surface area contributed by atoms with Crippen LogP contribution in [0.5, 0.6) is 0 Å². The second-order valence-corrected chi connectivity index (χ2v) is 7.22. The Morgan fingerprint density at radius 3 is 2.16 bits per heavy atom. The summed E-state index contributed by atoms with van der Waals surface area (Å²) in [6, 6.07) is 12.3. The fourth-order valence-electron chi connectivity index (χ4n) is 2.05. The number of carbonyl (C=O) groups excluding carboxylic acids is 2. The summed E-state index contributed by atoms with van der Waals surface area (Å²) in [6.45, 7) is 6.15. The monoisotopic (exact) mass is 429 g/mol. The number of rotatable bonds is 5. The zero-order valence-electron chi connectivity index (χ0n) is 18.0. The number of nitrogen functional groups attached to an aromatic ring is 1. The minimum atomic E-state index is 0.00458. The van der Waals surface area contributed by atoms with Crippen LogP contribution in [0.25, 0.3) is 0 Å². The lowest BCUT2D eigenvalue weighted by atomic mass is 9.93. The highest BCUT2D eigenvalue weighted by Gasteiger charge is 2.18. The molecule has 166 valence electrons. The number of quaternary nitrogens is 1. The van der Waals surface area contributed by atoms with Gasteiger partial charge in [0.1, 0.15) is 11.5 Å². The van der Waals surface area contributed by atoms with E-state index in [2.05, 4.69) is 20.8 Å². The van der Waals surface area contributed by atoms with Crippen LogP contribution < -0.4 is 21.8 Å². The van der Waals surface area contributed by atoms with Crippen LogP contribution in [0.15, 0.2) is 53.2 Å². The minimum absolute atomic E-state index is 0.00458. The predicted molar refractivity (Wildman–Crippen MR) is 118 cm³/mol. The molecule has 10 heteroatoms. The van der Waals surface area contributed by atoms with Gasteiger partial charge in [0.15, 0.2) is 17.8 Å². The largest absolute Gasteiger partial charge is 0.388 e. The van der Waals surface area contributed by atoms with Crippen LogP contribution in [-0.4, -0.2) is 35.1 Å². The van der Waals surface area contributed by atoms with Gasteiger partial charge in [-0.2, -0.15) is 5.48 Å². The molecule has 3 aromatic rings. The minimum Gasteiger partial charge on any atom is -0.388 e. The van der Waals surface area contributed by atoms with Gasteiger partial charge in [-0.15, -0.1) is 0 Å². The Morgan fingerprint density at radius 2 is 1.74 bits per heavy atom. The van der Waals surface area contributed by atoms with Crippen molar-refractivity contribution in [3.63, 3.8) is 0 Å². The first-order valence-electron chi connectivity index (χ1n) is 9.32. The van der Waals surface area contributed by atoms with Crippen LogP contribution in [0.2, 0.25) is 0 Å². The van der Waals surface area contributed by atoms with E-state index in [0.29, 0.717) is 29.9 Å². The maximum absolute atomic E-state index is 10.1. The Hall–Kier alpha value is -3.76. The predicted octanol–water partition coefficient (Wildman–Crippen LogP) is 2.33. The third kappa shape index (κ3) is 9.52. The average Bonchev–Trinajstić information content (AvgIpc) is 3.22. The summed E-state index contributed by atoms with van der Waals surface area (Å²) < 4.78 is 4.95. The van der Waals surface area contributed by atoms with Gasteiger partial charge in [0.25, 0.3) is 0 Å². The van der Waals surface area contributed by atoms with Crippen molar-refractivity contribution >= 4 is 35.6 Å². The number of nitrogens with one attached hydrogen (secondary N) is 2. The van der Waals surface area contributed by atoms with E-state index in [4.69, 9.17) is 15.5 Å². The van der Waals surface area contributed by atoms with Gasteiger partial charge in [0, 0.05) is 48.2 Å². The molecule has 0 atom stereocenters. The lowest BCUT2D eigenvalue weighted by Crippen LogP contribution is -2.73. The Labute approximate surface area is 180 Å². The second-order valence-electron chi connectivity index (χ2n) is 7.22. The Bertz CT molecular complexity index is 936. The smallest absolute Gasteiger partial charge is 0.211 e. The number of anilines is 3. The molecule has 0 aliphatic rings. The molecule has 7 N–H and O–H groups in total. The molecule has 0 radical (unpaired) electrons. The van der Waals surface area contributed by atoms with Crippen LogP contribution >= 0.6 is 0 Å². The molecule has 0 saturated heterocycles. The Balaban J connectivity index is 0.000000233. The van der Waals surface area contributed by atoms with Gasteiger partial charge in [-0.3, -0.25) is 14.6 Å². The molecule has 2 aromatic heterocycles. The number of aromatic nitrogens is 2. The summed E-state index contributed by atoms with van der Waals surface area (Å²) in [5.74, 6) is 1.27. The van der Waals surface area contributed by atoms with Crippen LogP contribution in [0.4, 0.5) is 22.9 Å². The highest BCUT2D eigenvalue weighted by molar-refractivity contribution is 5.72. The van der Waals surface area contributed by atoms with E-state index in [0.717, 1.165) is 22.6 Å². The van der Waals surface area contributed by atoms with Crippen LogP contribution in [0.1, 0.15) is 37.0 Å². The Kier molecular flexibility index (Phi) is 10.4. The third-order valence-corrected chi connectivity index (χ3v) is 3.74. The summed E-state index contributed by atoms with van der Waals surface area (Å²) in [7, 11) is 1.85. The average molecular weight is 430 g/mol. The summed E-state index contributed by atoms with van der Waals surface area (Å²) in [5, 5.41) is 17.6. The highest BCUT2D eigenvalue weighted by Crippen LogP contribution is 2.22. The Morgan fingerprint density at radius 1 is 1.10 bits per heavy atom. The number of carbonyl (C=O) groups is 2. The standard InChI is InChI=1S/C8H10N2O.C7H12N2O.C6H6N2O2/c1-9-7-2-4-8(5-3-7)10-6-11;1-7(2,3)5-4-6(8)9-10-5;9-4-6-3-5(8-10)1-2-7-6/h2-6,9H,1H3,(H,10,11);4H,1-3H3,(H2,8,9);1-4,10H,(H,7,8)/p+1. The molecule has 0 fully saturated rings. The molecule has 3 rings (SSSR count). The molecule has 2 heterocycles. The van der Waals surface area contributed by atoms with E-state index in [1.807, 2.05) is 52.1 Å². The van der Waals surface area contributed by atoms with E-state index in [-0.39, 0.29) is 5.41 Å². The van der Waals surface area contributed by atoms with E-state index >= 15 is 0 Å². The number of nitrogens with zero attached hydrogens (tertiary/aromatic N) is 2. The first kappa shape index (κ1) is 25.3. The lowest BCUT2D eigenvalue weighted by molar-refractivity contribution is -0.825. The van der Waals surface area contributed by atoms with Crippen molar-refractivity contribution in [2.75, 3.05) is 23.4 Å². The first-order valence-corrected chi connectivity index (χ1v) is 9.32. The topological polar surface area (TPSA) is 160 Å². The molecule has 0 bridgehead atoms. The lowest BCUT2D eigenvalue weighted by Gasteiger charge is -2.11. The third-order valence-electron chi connectivity index (χ3n) is 3.74. The molecule has 0 aliphatic heterocycles. The zero-order chi connectivity index (χ0) is 23.3. The molecule has 10 nitrogen and oxygen atoms in total. The molecule has 0 saturated carbocycles. The molecular weight excluding hydrogens is 400 g/mol. The number of hydrogen-bond donors (Lipinski definition) is 5.